The minimum Gasteiger partial charge on any atom is -0.484 e. The van der Waals surface area contributed by atoms with Crippen LogP contribution >= 0.6 is 24.0 Å². The van der Waals surface area contributed by atoms with Crippen molar-refractivity contribution in [1.29, 1.82) is 5.41 Å². The highest BCUT2D eigenvalue weighted by Crippen LogP contribution is 1.92. The molecule has 0 aromatic rings. The molecule has 0 bridgehead atoms. The van der Waals surface area contributed by atoms with Gasteiger partial charge in [-0.25, -0.2) is 0 Å². The Kier molecular flexibility index (Phi) is 10.6. The van der Waals surface area contributed by atoms with Gasteiger partial charge in [0.05, 0.1) is 7.11 Å². The Morgan fingerprint density at radius 1 is 1.67 bits per heavy atom. The normalized spacial score (nSPS) is 7.78. The largest absolute Gasteiger partial charge is 0.484 e. The molecular weight excluding hydrogens is 161 g/mol. The van der Waals surface area contributed by atoms with Crippen molar-refractivity contribution in [2.75, 3.05) is 13.0 Å². The number of rotatable bonds is 3. The minimum absolute atomic E-state index is 0. The molecule has 0 aliphatic carbocycles. The fourth-order valence-corrected chi connectivity index (χ4v) is 0.463. The van der Waals surface area contributed by atoms with Crippen LogP contribution in [0, 0.1) is 5.41 Å². The summed E-state index contributed by atoms with van der Waals surface area (Å²) in [5.74, 6) is 0.914. The Balaban J connectivity index is 0. The van der Waals surface area contributed by atoms with Crippen molar-refractivity contribution in [3.05, 3.63) is 0 Å². The van der Waals surface area contributed by atoms with E-state index < -0.39 is 0 Å². The van der Waals surface area contributed by atoms with Gasteiger partial charge in [-0.15, -0.1) is 24.0 Å². The van der Waals surface area contributed by atoms with Gasteiger partial charge < -0.3 is 4.74 Å². The van der Waals surface area contributed by atoms with Crippen molar-refractivity contribution in [2.45, 2.75) is 12.8 Å². The maximum atomic E-state index is 6.96. The van der Waals surface area contributed by atoms with Gasteiger partial charge in [0, 0.05) is 12.3 Å². The molecule has 0 saturated carbocycles. The summed E-state index contributed by atoms with van der Waals surface area (Å²) in [5.41, 5.74) is 0. The van der Waals surface area contributed by atoms with Gasteiger partial charge in [0.1, 0.15) is 0 Å². The smallest absolute Gasteiger partial charge is 0.180 e. The second-order valence-corrected chi connectivity index (χ2v) is 1.80. The molecule has 1 N–H and O–H groups in total. The lowest BCUT2D eigenvalue weighted by atomic mass is 10.3. The maximum Gasteiger partial charge on any atom is 0.180 e. The van der Waals surface area contributed by atoms with Gasteiger partial charge in [0.15, 0.2) is 5.90 Å². The SMILES string of the molecule is COC(=N)CCCCl.Cl. The van der Waals surface area contributed by atoms with Crippen LogP contribution < -0.4 is 0 Å². The van der Waals surface area contributed by atoms with E-state index in [-0.39, 0.29) is 12.4 Å². The Morgan fingerprint density at radius 3 is 2.56 bits per heavy atom. The molecule has 0 saturated heterocycles. The lowest BCUT2D eigenvalue weighted by Crippen LogP contribution is -1.97. The molecule has 0 aliphatic heterocycles. The number of alkyl halides is 1. The average molecular weight is 172 g/mol. The molecule has 0 aliphatic rings. The summed E-state index contributed by atoms with van der Waals surface area (Å²) in [6.45, 7) is 0. The van der Waals surface area contributed by atoms with Crippen LogP contribution in [0.4, 0.5) is 0 Å². The Hall–Kier alpha value is 0.0500. The van der Waals surface area contributed by atoms with E-state index in [1.807, 2.05) is 0 Å². The molecule has 0 unspecified atom stereocenters. The molecule has 0 atom stereocenters. The van der Waals surface area contributed by atoms with Crippen LogP contribution in [-0.2, 0) is 4.74 Å². The third-order valence-electron chi connectivity index (χ3n) is 0.784. The van der Waals surface area contributed by atoms with E-state index in [4.69, 9.17) is 17.0 Å². The molecule has 4 heteroatoms. The quantitative estimate of drug-likeness (QED) is 0.394. The first kappa shape index (κ1) is 11.8. The first-order chi connectivity index (χ1) is 3.81. The summed E-state index contributed by atoms with van der Waals surface area (Å²) in [4.78, 5) is 0. The van der Waals surface area contributed by atoms with E-state index in [0.717, 1.165) is 6.42 Å². The lowest BCUT2D eigenvalue weighted by Gasteiger charge is -1.97. The summed E-state index contributed by atoms with van der Waals surface area (Å²) in [5, 5.41) is 6.96. The molecule has 0 spiro atoms. The lowest BCUT2D eigenvalue weighted by molar-refractivity contribution is 0.385. The van der Waals surface area contributed by atoms with Crippen molar-refractivity contribution < 1.29 is 4.74 Å². The molecule has 0 amide bonds. The van der Waals surface area contributed by atoms with E-state index in [9.17, 15) is 0 Å². The summed E-state index contributed by atoms with van der Waals surface area (Å²) in [6.07, 6.45) is 1.48. The molecule has 0 rings (SSSR count). The molecule has 9 heavy (non-hydrogen) atoms. The summed E-state index contributed by atoms with van der Waals surface area (Å²) in [6, 6.07) is 0. The topological polar surface area (TPSA) is 33.1 Å². The Morgan fingerprint density at radius 2 is 2.22 bits per heavy atom. The van der Waals surface area contributed by atoms with E-state index in [2.05, 4.69) is 4.74 Å². The molecule has 56 valence electrons. The van der Waals surface area contributed by atoms with Crippen molar-refractivity contribution in [3.63, 3.8) is 0 Å². The monoisotopic (exact) mass is 171 g/mol. The van der Waals surface area contributed by atoms with Crippen LogP contribution in [0.2, 0.25) is 0 Å². The molecule has 0 radical (unpaired) electrons. The average Bonchev–Trinajstić information content (AvgIpc) is 1.83. The molecule has 0 aromatic heterocycles. The zero-order valence-electron chi connectivity index (χ0n) is 5.32. The van der Waals surface area contributed by atoms with Gasteiger partial charge in [-0.1, -0.05) is 0 Å². The van der Waals surface area contributed by atoms with E-state index in [1.165, 1.54) is 7.11 Å². The number of methoxy groups -OCH3 is 1. The van der Waals surface area contributed by atoms with Gasteiger partial charge in [0.2, 0.25) is 0 Å². The van der Waals surface area contributed by atoms with E-state index >= 15 is 0 Å². The van der Waals surface area contributed by atoms with Gasteiger partial charge in [-0.3, -0.25) is 5.41 Å². The molecular formula is C5H11Cl2NO. The van der Waals surface area contributed by atoms with Crippen LogP contribution in [0.15, 0.2) is 0 Å². The number of halogens is 2. The van der Waals surface area contributed by atoms with Crippen LogP contribution in [0.25, 0.3) is 0 Å². The third-order valence-corrected chi connectivity index (χ3v) is 1.05. The van der Waals surface area contributed by atoms with Gasteiger partial charge in [0.25, 0.3) is 0 Å². The van der Waals surface area contributed by atoms with Crippen LogP contribution in [-0.4, -0.2) is 18.9 Å². The fraction of sp³-hybridized carbons (Fsp3) is 0.800. The highest BCUT2D eigenvalue weighted by atomic mass is 35.5. The Bertz CT molecular complexity index is 77.4. The van der Waals surface area contributed by atoms with E-state index in [0.29, 0.717) is 18.2 Å². The molecule has 0 heterocycles. The van der Waals surface area contributed by atoms with Crippen LogP contribution in [0.5, 0.6) is 0 Å². The summed E-state index contributed by atoms with van der Waals surface area (Å²) < 4.78 is 4.58. The van der Waals surface area contributed by atoms with Crippen LogP contribution in [0.3, 0.4) is 0 Å². The standard InChI is InChI=1S/C5H10ClNO.ClH/c1-8-5(7)3-2-4-6;/h7H,2-4H2,1H3;1H. The predicted molar refractivity (Wildman–Crippen MR) is 41.9 cm³/mol. The van der Waals surface area contributed by atoms with Crippen molar-refractivity contribution >= 4 is 29.9 Å². The van der Waals surface area contributed by atoms with Gasteiger partial charge >= 0.3 is 0 Å². The van der Waals surface area contributed by atoms with E-state index in [1.54, 1.807) is 0 Å². The zero-order chi connectivity index (χ0) is 6.41. The van der Waals surface area contributed by atoms with Crippen molar-refractivity contribution in [1.82, 2.24) is 0 Å². The molecule has 2 nitrogen and oxygen atoms in total. The minimum atomic E-state index is 0. The van der Waals surface area contributed by atoms with Crippen molar-refractivity contribution in [2.24, 2.45) is 0 Å². The first-order valence-corrected chi connectivity index (χ1v) is 3.02. The highest BCUT2D eigenvalue weighted by molar-refractivity contribution is 6.17. The van der Waals surface area contributed by atoms with Gasteiger partial charge in [-0.2, -0.15) is 0 Å². The fourth-order valence-electron chi connectivity index (χ4n) is 0.329. The highest BCUT2D eigenvalue weighted by Gasteiger charge is 1.91. The predicted octanol–water partition coefficient (Wildman–Crippen LogP) is 2.05. The van der Waals surface area contributed by atoms with Gasteiger partial charge in [-0.05, 0) is 6.42 Å². The zero-order valence-corrected chi connectivity index (χ0v) is 6.89. The number of hydrogen-bond donors (Lipinski definition) is 1. The molecule has 0 fully saturated rings. The second-order valence-electron chi connectivity index (χ2n) is 1.42. The Labute approximate surface area is 66.5 Å². The first-order valence-electron chi connectivity index (χ1n) is 2.48. The molecule has 0 aromatic carbocycles. The summed E-state index contributed by atoms with van der Waals surface area (Å²) >= 11 is 5.35. The third kappa shape index (κ3) is 8.05. The second kappa shape index (κ2) is 8.05. The van der Waals surface area contributed by atoms with Crippen LogP contribution in [0.1, 0.15) is 12.8 Å². The number of nitrogens with one attached hydrogen (secondary N) is 1. The summed E-state index contributed by atoms with van der Waals surface area (Å²) in [7, 11) is 1.50. The van der Waals surface area contributed by atoms with Crippen molar-refractivity contribution in [3.8, 4) is 0 Å². The number of hydrogen-bond acceptors (Lipinski definition) is 2. The maximum absolute atomic E-state index is 6.96. The number of ether oxygens (including phenoxy) is 1.